The quantitative estimate of drug-likeness (QED) is 0.864. The van der Waals surface area contributed by atoms with E-state index in [4.69, 9.17) is 5.26 Å². The molecule has 0 spiro atoms. The monoisotopic (exact) mass is 274 g/mol. The summed E-state index contributed by atoms with van der Waals surface area (Å²) in [7, 11) is 0. The molecule has 6 nitrogen and oxygen atoms in total. The van der Waals surface area contributed by atoms with Crippen molar-refractivity contribution in [3.8, 4) is 11.8 Å². The standard InChI is InChI=1S/C14H18N4O2/c1-14(2,10-15)18-7-5-17(6-8-18)13(20)11-3-4-16-9-12(11)19/h3-4,9,19H,5-8H2,1-2H3. The third-order valence-corrected chi connectivity index (χ3v) is 3.66. The van der Waals surface area contributed by atoms with Gasteiger partial charge in [0.1, 0.15) is 11.3 Å². The van der Waals surface area contributed by atoms with Crippen molar-refractivity contribution in [1.82, 2.24) is 14.8 Å². The zero-order valence-electron chi connectivity index (χ0n) is 11.7. The van der Waals surface area contributed by atoms with Crippen molar-refractivity contribution in [1.29, 1.82) is 5.26 Å². The van der Waals surface area contributed by atoms with E-state index in [0.29, 0.717) is 26.2 Å². The summed E-state index contributed by atoms with van der Waals surface area (Å²) in [4.78, 5) is 19.8. The van der Waals surface area contributed by atoms with Crippen LogP contribution in [0.2, 0.25) is 0 Å². The lowest BCUT2D eigenvalue weighted by Gasteiger charge is -2.40. The number of carbonyl (C=O) groups excluding carboxylic acids is 1. The average molecular weight is 274 g/mol. The van der Waals surface area contributed by atoms with Crippen LogP contribution in [-0.2, 0) is 0 Å². The number of amides is 1. The zero-order chi connectivity index (χ0) is 14.8. The first kappa shape index (κ1) is 14.3. The van der Waals surface area contributed by atoms with E-state index >= 15 is 0 Å². The smallest absolute Gasteiger partial charge is 0.257 e. The lowest BCUT2D eigenvalue weighted by Crippen LogP contribution is -2.55. The molecular formula is C14H18N4O2. The van der Waals surface area contributed by atoms with Gasteiger partial charge < -0.3 is 10.0 Å². The molecule has 1 amide bonds. The molecule has 1 aromatic heterocycles. The minimum atomic E-state index is -0.520. The first-order chi connectivity index (χ1) is 9.45. The molecule has 0 atom stereocenters. The molecule has 106 valence electrons. The Kier molecular flexibility index (Phi) is 3.91. The molecule has 20 heavy (non-hydrogen) atoms. The van der Waals surface area contributed by atoms with Gasteiger partial charge in [-0.2, -0.15) is 5.26 Å². The highest BCUT2D eigenvalue weighted by Gasteiger charge is 2.31. The van der Waals surface area contributed by atoms with E-state index < -0.39 is 5.54 Å². The van der Waals surface area contributed by atoms with Crippen molar-refractivity contribution < 1.29 is 9.90 Å². The molecule has 0 saturated carbocycles. The molecule has 1 aliphatic rings. The summed E-state index contributed by atoms with van der Waals surface area (Å²) < 4.78 is 0. The average Bonchev–Trinajstić information content (AvgIpc) is 2.47. The summed E-state index contributed by atoms with van der Waals surface area (Å²) in [6.07, 6.45) is 2.75. The second-order valence-corrected chi connectivity index (χ2v) is 5.34. The minimum Gasteiger partial charge on any atom is -0.505 e. The molecule has 0 unspecified atom stereocenters. The van der Waals surface area contributed by atoms with Crippen molar-refractivity contribution >= 4 is 5.91 Å². The lowest BCUT2D eigenvalue weighted by atomic mass is 10.0. The van der Waals surface area contributed by atoms with Crippen molar-refractivity contribution in [2.24, 2.45) is 0 Å². The first-order valence-electron chi connectivity index (χ1n) is 6.54. The van der Waals surface area contributed by atoms with Crippen LogP contribution < -0.4 is 0 Å². The molecule has 0 aliphatic carbocycles. The Bertz CT molecular complexity index is 542. The van der Waals surface area contributed by atoms with Crippen LogP contribution in [-0.4, -0.2) is 57.5 Å². The van der Waals surface area contributed by atoms with Gasteiger partial charge in [-0.1, -0.05) is 0 Å². The SMILES string of the molecule is CC(C)(C#N)N1CCN(C(=O)c2ccncc2O)CC1. The van der Waals surface area contributed by atoms with Crippen molar-refractivity contribution in [3.63, 3.8) is 0 Å². The van der Waals surface area contributed by atoms with E-state index in [1.807, 2.05) is 13.8 Å². The Morgan fingerprint density at radius 1 is 1.40 bits per heavy atom. The van der Waals surface area contributed by atoms with Crippen LogP contribution in [0, 0.1) is 11.3 Å². The minimum absolute atomic E-state index is 0.0997. The van der Waals surface area contributed by atoms with E-state index in [9.17, 15) is 9.90 Å². The summed E-state index contributed by atoms with van der Waals surface area (Å²) in [5, 5.41) is 18.8. The largest absolute Gasteiger partial charge is 0.505 e. The first-order valence-corrected chi connectivity index (χ1v) is 6.54. The van der Waals surface area contributed by atoms with Gasteiger partial charge in [-0.3, -0.25) is 14.7 Å². The van der Waals surface area contributed by atoms with E-state index in [-0.39, 0.29) is 17.2 Å². The number of nitriles is 1. The van der Waals surface area contributed by atoms with E-state index in [2.05, 4.69) is 16.0 Å². The third kappa shape index (κ3) is 2.73. The summed E-state index contributed by atoms with van der Waals surface area (Å²) in [6.45, 7) is 6.14. The van der Waals surface area contributed by atoms with Gasteiger partial charge in [-0.15, -0.1) is 0 Å². The van der Waals surface area contributed by atoms with Gasteiger partial charge in [-0.05, 0) is 19.9 Å². The fraction of sp³-hybridized carbons (Fsp3) is 0.500. The number of hydrogen-bond donors (Lipinski definition) is 1. The molecule has 1 N–H and O–H groups in total. The zero-order valence-corrected chi connectivity index (χ0v) is 11.7. The molecule has 1 aliphatic heterocycles. The van der Waals surface area contributed by atoms with Crippen LogP contribution in [0.25, 0.3) is 0 Å². The molecule has 1 saturated heterocycles. The van der Waals surface area contributed by atoms with Crippen LogP contribution >= 0.6 is 0 Å². The molecule has 0 radical (unpaired) electrons. The van der Waals surface area contributed by atoms with Gasteiger partial charge in [0.05, 0.1) is 17.8 Å². The van der Waals surface area contributed by atoms with Gasteiger partial charge in [0.2, 0.25) is 0 Å². The lowest BCUT2D eigenvalue weighted by molar-refractivity contribution is 0.0518. The van der Waals surface area contributed by atoms with Gasteiger partial charge in [0, 0.05) is 32.4 Å². The summed E-state index contributed by atoms with van der Waals surface area (Å²) >= 11 is 0. The number of pyridine rings is 1. The maximum absolute atomic E-state index is 12.3. The molecule has 1 fully saturated rings. The number of aromatic hydroxyl groups is 1. The Morgan fingerprint density at radius 3 is 2.60 bits per heavy atom. The van der Waals surface area contributed by atoms with Crippen LogP contribution in [0.15, 0.2) is 18.5 Å². The van der Waals surface area contributed by atoms with Crippen LogP contribution in [0.4, 0.5) is 0 Å². The second kappa shape index (κ2) is 5.47. The van der Waals surface area contributed by atoms with Gasteiger partial charge in [0.15, 0.2) is 0 Å². The number of hydrogen-bond acceptors (Lipinski definition) is 5. The normalized spacial score (nSPS) is 16.8. The van der Waals surface area contributed by atoms with Gasteiger partial charge in [-0.25, -0.2) is 0 Å². The van der Waals surface area contributed by atoms with E-state index in [1.165, 1.54) is 18.5 Å². The predicted octanol–water partition coefficient (Wildman–Crippen LogP) is 0.847. The number of aromatic nitrogens is 1. The topological polar surface area (TPSA) is 80.5 Å². The van der Waals surface area contributed by atoms with Crippen molar-refractivity contribution in [2.45, 2.75) is 19.4 Å². The fourth-order valence-electron chi connectivity index (χ4n) is 2.28. The fourth-order valence-corrected chi connectivity index (χ4v) is 2.28. The molecule has 2 heterocycles. The Balaban J connectivity index is 2.03. The van der Waals surface area contributed by atoms with Crippen LogP contribution in [0.3, 0.4) is 0 Å². The Morgan fingerprint density at radius 2 is 2.05 bits per heavy atom. The van der Waals surface area contributed by atoms with Crippen molar-refractivity contribution in [2.75, 3.05) is 26.2 Å². The molecule has 2 rings (SSSR count). The highest BCUT2D eigenvalue weighted by Crippen LogP contribution is 2.20. The third-order valence-electron chi connectivity index (χ3n) is 3.66. The molecule has 0 aromatic carbocycles. The summed E-state index contributed by atoms with van der Waals surface area (Å²) in [5.74, 6) is -0.295. The molecule has 6 heteroatoms. The number of nitrogens with zero attached hydrogens (tertiary/aromatic N) is 4. The number of rotatable bonds is 2. The molecule has 1 aromatic rings. The van der Waals surface area contributed by atoms with Crippen LogP contribution in [0.1, 0.15) is 24.2 Å². The molecule has 0 bridgehead atoms. The highest BCUT2D eigenvalue weighted by molar-refractivity contribution is 5.96. The Labute approximate surface area is 118 Å². The maximum atomic E-state index is 12.3. The van der Waals surface area contributed by atoms with E-state index in [1.54, 1.807) is 4.90 Å². The Hall–Kier alpha value is -2.13. The summed E-state index contributed by atoms with van der Waals surface area (Å²) in [5.41, 5.74) is -0.249. The van der Waals surface area contributed by atoms with Gasteiger partial charge >= 0.3 is 0 Å². The second-order valence-electron chi connectivity index (χ2n) is 5.34. The maximum Gasteiger partial charge on any atom is 0.257 e. The highest BCUT2D eigenvalue weighted by atomic mass is 16.3. The van der Waals surface area contributed by atoms with Crippen LogP contribution in [0.5, 0.6) is 5.75 Å². The molecular weight excluding hydrogens is 256 g/mol. The number of piperazine rings is 1. The predicted molar refractivity (Wildman–Crippen MR) is 73.1 cm³/mol. The van der Waals surface area contributed by atoms with E-state index in [0.717, 1.165) is 0 Å². The van der Waals surface area contributed by atoms with Gasteiger partial charge in [0.25, 0.3) is 5.91 Å². The van der Waals surface area contributed by atoms with Crippen molar-refractivity contribution in [3.05, 3.63) is 24.0 Å². The number of carbonyl (C=O) groups is 1. The summed E-state index contributed by atoms with van der Waals surface area (Å²) in [6, 6.07) is 3.79.